The van der Waals surface area contributed by atoms with E-state index in [4.69, 9.17) is 0 Å². The van der Waals surface area contributed by atoms with E-state index in [1.54, 1.807) is 0 Å². The molecule has 0 aromatic carbocycles. The summed E-state index contributed by atoms with van der Waals surface area (Å²) in [6.45, 7) is 1.58. The van der Waals surface area contributed by atoms with Gasteiger partial charge in [-0.15, -0.1) is 11.3 Å². The summed E-state index contributed by atoms with van der Waals surface area (Å²) in [5.41, 5.74) is 0. The fourth-order valence-electron chi connectivity index (χ4n) is 0.857. The molecule has 0 unspecified atom stereocenters. The van der Waals surface area contributed by atoms with Crippen LogP contribution >= 0.6 is 11.3 Å². The van der Waals surface area contributed by atoms with E-state index in [1.807, 2.05) is 17.5 Å². The van der Waals surface area contributed by atoms with Crippen molar-refractivity contribution in [3.63, 3.8) is 0 Å². The van der Waals surface area contributed by atoms with Crippen LogP contribution in [0.1, 0.15) is 11.8 Å². The molecule has 70 valence electrons. The minimum atomic E-state index is -0.0994. The molecule has 0 radical (unpaired) electrons. The topological polar surface area (TPSA) is 46.2 Å². The van der Waals surface area contributed by atoms with Gasteiger partial charge in [0.25, 0.3) is 0 Å². The van der Waals surface area contributed by atoms with Crippen molar-refractivity contribution in [2.75, 3.05) is 6.54 Å². The number of hydrogen-bond donors (Lipinski definition) is 1. The van der Waals surface area contributed by atoms with Gasteiger partial charge in [0.05, 0.1) is 13.0 Å². The highest BCUT2D eigenvalue weighted by Crippen LogP contribution is 2.08. The Balaban J connectivity index is 2.30. The fourth-order valence-corrected chi connectivity index (χ4v) is 1.56. The SMILES string of the molecule is CC(=O)CNC(=O)Cc1cccs1. The van der Waals surface area contributed by atoms with Gasteiger partial charge in [-0.2, -0.15) is 0 Å². The molecule has 13 heavy (non-hydrogen) atoms. The van der Waals surface area contributed by atoms with Crippen molar-refractivity contribution in [2.45, 2.75) is 13.3 Å². The van der Waals surface area contributed by atoms with Crippen molar-refractivity contribution in [3.8, 4) is 0 Å². The molecule has 0 spiro atoms. The van der Waals surface area contributed by atoms with Crippen molar-refractivity contribution in [1.29, 1.82) is 0 Å². The second-order valence-corrected chi connectivity index (χ2v) is 3.77. The second kappa shape index (κ2) is 4.77. The summed E-state index contributed by atoms with van der Waals surface area (Å²) in [6, 6.07) is 3.80. The van der Waals surface area contributed by atoms with Crippen LogP contribution < -0.4 is 5.32 Å². The Kier molecular flexibility index (Phi) is 3.64. The molecule has 1 amide bonds. The highest BCUT2D eigenvalue weighted by atomic mass is 32.1. The molecular weight excluding hydrogens is 186 g/mol. The average molecular weight is 197 g/mol. The van der Waals surface area contributed by atoms with E-state index in [9.17, 15) is 9.59 Å². The van der Waals surface area contributed by atoms with Gasteiger partial charge in [-0.25, -0.2) is 0 Å². The third-order valence-electron chi connectivity index (χ3n) is 1.45. The van der Waals surface area contributed by atoms with Crippen molar-refractivity contribution in [2.24, 2.45) is 0 Å². The van der Waals surface area contributed by atoms with Crippen molar-refractivity contribution in [1.82, 2.24) is 5.32 Å². The van der Waals surface area contributed by atoms with E-state index in [1.165, 1.54) is 18.3 Å². The minimum absolute atomic E-state index is 0.0282. The maximum Gasteiger partial charge on any atom is 0.225 e. The average Bonchev–Trinajstić information content (AvgIpc) is 2.53. The third kappa shape index (κ3) is 3.85. The molecule has 1 heterocycles. The lowest BCUT2D eigenvalue weighted by Crippen LogP contribution is -2.29. The van der Waals surface area contributed by atoms with Gasteiger partial charge < -0.3 is 5.32 Å². The quantitative estimate of drug-likeness (QED) is 0.782. The number of thiophene rings is 1. The van der Waals surface area contributed by atoms with Crippen molar-refractivity contribution >= 4 is 23.0 Å². The predicted octanol–water partition coefficient (Wildman–Crippen LogP) is 0.996. The van der Waals surface area contributed by atoms with Gasteiger partial charge in [-0.05, 0) is 18.4 Å². The lowest BCUT2D eigenvalue weighted by Gasteiger charge is -2.00. The first-order chi connectivity index (χ1) is 6.18. The number of Topliss-reactive ketones (excluding diaryl/α,β-unsaturated/α-hetero) is 1. The molecule has 0 atom stereocenters. The van der Waals surface area contributed by atoms with E-state index < -0.39 is 0 Å². The molecule has 1 rings (SSSR count). The monoisotopic (exact) mass is 197 g/mol. The van der Waals surface area contributed by atoms with Crippen LogP contribution in [-0.2, 0) is 16.0 Å². The van der Waals surface area contributed by atoms with E-state index in [0.29, 0.717) is 6.42 Å². The van der Waals surface area contributed by atoms with Crippen LogP contribution in [0.15, 0.2) is 17.5 Å². The summed E-state index contributed by atoms with van der Waals surface area (Å²) >= 11 is 1.54. The van der Waals surface area contributed by atoms with Crippen LogP contribution in [0.25, 0.3) is 0 Å². The van der Waals surface area contributed by atoms with E-state index >= 15 is 0 Å². The number of carbonyl (C=O) groups excluding carboxylic acids is 2. The van der Waals surface area contributed by atoms with Gasteiger partial charge in [-0.1, -0.05) is 6.07 Å². The maximum atomic E-state index is 11.2. The van der Waals surface area contributed by atoms with Crippen LogP contribution in [0, 0.1) is 0 Å². The molecule has 0 saturated heterocycles. The molecule has 0 saturated carbocycles. The fraction of sp³-hybridized carbons (Fsp3) is 0.333. The Bertz CT molecular complexity index is 293. The van der Waals surface area contributed by atoms with E-state index in [0.717, 1.165) is 4.88 Å². The van der Waals surface area contributed by atoms with Gasteiger partial charge >= 0.3 is 0 Å². The smallest absolute Gasteiger partial charge is 0.225 e. The number of hydrogen-bond acceptors (Lipinski definition) is 3. The molecule has 3 nitrogen and oxygen atoms in total. The van der Waals surface area contributed by atoms with Gasteiger partial charge in [0.1, 0.15) is 5.78 Å². The normalized spacial score (nSPS) is 9.62. The summed E-state index contributed by atoms with van der Waals surface area (Å²) in [5, 5.41) is 4.46. The number of amides is 1. The first-order valence-electron chi connectivity index (χ1n) is 3.97. The third-order valence-corrected chi connectivity index (χ3v) is 2.33. The Labute approximate surface area is 80.8 Å². The van der Waals surface area contributed by atoms with Crippen molar-refractivity contribution in [3.05, 3.63) is 22.4 Å². The summed E-state index contributed by atoms with van der Waals surface area (Å²) in [5.74, 6) is -0.128. The van der Waals surface area contributed by atoms with Crippen LogP contribution in [0.3, 0.4) is 0 Å². The summed E-state index contributed by atoms with van der Waals surface area (Å²) in [6.07, 6.45) is 0.366. The number of nitrogens with one attached hydrogen (secondary N) is 1. The number of ketones is 1. The predicted molar refractivity (Wildman–Crippen MR) is 51.7 cm³/mol. The molecule has 1 aromatic rings. The van der Waals surface area contributed by atoms with E-state index in [-0.39, 0.29) is 18.2 Å². The highest BCUT2D eigenvalue weighted by molar-refractivity contribution is 7.10. The molecular formula is C9H11NO2S. The van der Waals surface area contributed by atoms with E-state index in [2.05, 4.69) is 5.32 Å². The first kappa shape index (κ1) is 9.92. The van der Waals surface area contributed by atoms with Gasteiger partial charge in [0, 0.05) is 4.88 Å². The number of carbonyl (C=O) groups is 2. The Hall–Kier alpha value is -1.16. The summed E-state index contributed by atoms with van der Waals surface area (Å²) in [4.78, 5) is 22.7. The molecule has 0 bridgehead atoms. The van der Waals surface area contributed by atoms with Crippen LogP contribution in [0.5, 0.6) is 0 Å². The van der Waals surface area contributed by atoms with Crippen LogP contribution in [0.2, 0.25) is 0 Å². The standard InChI is InChI=1S/C9H11NO2S/c1-7(11)6-10-9(12)5-8-3-2-4-13-8/h2-4H,5-6H2,1H3,(H,10,12). The van der Waals surface area contributed by atoms with Crippen molar-refractivity contribution < 1.29 is 9.59 Å². The van der Waals surface area contributed by atoms with Gasteiger partial charge in [0.2, 0.25) is 5.91 Å². The molecule has 4 heteroatoms. The largest absolute Gasteiger partial charge is 0.349 e. The minimum Gasteiger partial charge on any atom is -0.349 e. The molecule has 1 N–H and O–H groups in total. The molecule has 0 aliphatic rings. The maximum absolute atomic E-state index is 11.2. The Morgan fingerprint density at radius 1 is 1.54 bits per heavy atom. The molecule has 0 fully saturated rings. The van der Waals surface area contributed by atoms with Crippen LogP contribution in [-0.4, -0.2) is 18.2 Å². The Morgan fingerprint density at radius 2 is 2.31 bits per heavy atom. The zero-order valence-electron chi connectivity index (χ0n) is 7.37. The lowest BCUT2D eigenvalue weighted by atomic mass is 10.3. The number of rotatable bonds is 4. The Morgan fingerprint density at radius 3 is 2.85 bits per heavy atom. The molecule has 0 aliphatic heterocycles. The summed E-state index contributed by atoms with van der Waals surface area (Å²) in [7, 11) is 0. The second-order valence-electron chi connectivity index (χ2n) is 2.73. The van der Waals surface area contributed by atoms with Gasteiger partial charge in [-0.3, -0.25) is 9.59 Å². The van der Waals surface area contributed by atoms with Crippen LogP contribution in [0.4, 0.5) is 0 Å². The zero-order valence-corrected chi connectivity index (χ0v) is 8.19. The zero-order chi connectivity index (χ0) is 9.68. The molecule has 0 aliphatic carbocycles. The molecule has 1 aromatic heterocycles. The summed E-state index contributed by atoms with van der Waals surface area (Å²) < 4.78 is 0. The first-order valence-corrected chi connectivity index (χ1v) is 4.85. The highest BCUT2D eigenvalue weighted by Gasteiger charge is 2.03. The lowest BCUT2D eigenvalue weighted by molar-refractivity contribution is -0.123. The van der Waals surface area contributed by atoms with Gasteiger partial charge in [0.15, 0.2) is 0 Å².